The number of hydrogen-bond acceptors (Lipinski definition) is 5. The van der Waals surface area contributed by atoms with Crippen LogP contribution in [0.15, 0.2) is 64.6 Å². The summed E-state index contributed by atoms with van der Waals surface area (Å²) in [7, 11) is -4.48. The molecule has 0 amide bonds. The predicted octanol–water partition coefficient (Wildman–Crippen LogP) is 2.35. The number of fused-ring (bicyclic) bond motifs is 1. The summed E-state index contributed by atoms with van der Waals surface area (Å²) in [6.45, 7) is 0. The van der Waals surface area contributed by atoms with Crippen LogP contribution in [-0.2, 0) is 14.9 Å². The minimum atomic E-state index is -4.48. The van der Waals surface area contributed by atoms with Gasteiger partial charge in [-0.2, -0.15) is 13.5 Å². The van der Waals surface area contributed by atoms with Gasteiger partial charge >= 0.3 is 0 Å². The molecule has 0 aliphatic heterocycles. The summed E-state index contributed by atoms with van der Waals surface area (Å²) >= 11 is 0. The van der Waals surface area contributed by atoms with Gasteiger partial charge in [0, 0.05) is 5.56 Å². The zero-order valence-electron chi connectivity index (χ0n) is 11.8. The van der Waals surface area contributed by atoms with E-state index in [4.69, 9.17) is 0 Å². The van der Waals surface area contributed by atoms with E-state index in [1.165, 1.54) is 24.3 Å². The normalized spacial score (nSPS) is 15.5. The van der Waals surface area contributed by atoms with E-state index in [9.17, 15) is 17.8 Å². The number of nitrogens with one attached hydrogen (secondary N) is 1. The lowest BCUT2D eigenvalue weighted by Gasteiger charge is -2.15. The number of para-hydroxylation sites is 1. The summed E-state index contributed by atoms with van der Waals surface area (Å²) in [6, 6.07) is 13.3. The van der Waals surface area contributed by atoms with Crippen molar-refractivity contribution < 1.29 is 17.8 Å². The van der Waals surface area contributed by atoms with Crippen LogP contribution in [0.4, 0.5) is 5.69 Å². The maximum absolute atomic E-state index is 12.1. The van der Waals surface area contributed by atoms with Crippen LogP contribution in [0, 0.1) is 0 Å². The Bertz CT molecular complexity index is 932. The van der Waals surface area contributed by atoms with E-state index in [2.05, 4.69) is 10.5 Å². The highest BCUT2D eigenvalue weighted by Gasteiger charge is 2.27. The number of benzene rings is 2. The minimum absolute atomic E-state index is 0.0698. The predicted molar refractivity (Wildman–Crippen MR) is 86.9 cm³/mol. The Kier molecular flexibility index (Phi) is 3.81. The molecule has 0 aromatic heterocycles. The van der Waals surface area contributed by atoms with Gasteiger partial charge in [0.25, 0.3) is 10.1 Å². The topological polar surface area (TPSA) is 95.8 Å². The van der Waals surface area contributed by atoms with Crippen molar-refractivity contribution in [1.82, 2.24) is 0 Å². The maximum atomic E-state index is 12.1. The van der Waals surface area contributed by atoms with Crippen LogP contribution in [0.1, 0.15) is 11.1 Å². The smallest absolute Gasteiger partial charge is 0.287 e. The van der Waals surface area contributed by atoms with Gasteiger partial charge in [-0.05, 0) is 29.8 Å². The molecule has 0 atom stereocenters. The molecule has 0 saturated heterocycles. The molecular formula is C16H12N2O4S. The molecule has 7 heteroatoms. The molecule has 2 aromatic carbocycles. The van der Waals surface area contributed by atoms with E-state index < -0.39 is 15.9 Å². The second-order valence-electron chi connectivity index (χ2n) is 4.83. The fraction of sp³-hybridized carbons (Fsp3) is 0. The Morgan fingerprint density at radius 3 is 2.39 bits per heavy atom. The van der Waals surface area contributed by atoms with Gasteiger partial charge in [0.1, 0.15) is 10.6 Å². The molecule has 23 heavy (non-hydrogen) atoms. The second-order valence-corrected chi connectivity index (χ2v) is 6.22. The molecule has 1 aliphatic carbocycles. The quantitative estimate of drug-likeness (QED) is 0.666. The largest absolute Gasteiger partial charge is 0.295 e. The number of nitrogens with zero attached hydrogens (tertiary/aromatic N) is 1. The van der Waals surface area contributed by atoms with E-state index in [1.54, 1.807) is 30.3 Å². The van der Waals surface area contributed by atoms with Crippen LogP contribution in [0.3, 0.4) is 0 Å². The molecule has 2 aromatic rings. The standard InChI is InChI=1S/C16H12N2O4S/c19-13-10-9-11-5-4-8-14(23(20,21)22)15(11)16(13)18-17-12-6-2-1-3-7-12/h1-10,17H,(H,20,21,22)/b18-16+. The first-order valence-corrected chi connectivity index (χ1v) is 8.13. The summed E-state index contributed by atoms with van der Waals surface area (Å²) < 4.78 is 32.5. The summed E-state index contributed by atoms with van der Waals surface area (Å²) in [4.78, 5) is 11.8. The van der Waals surface area contributed by atoms with Gasteiger partial charge < -0.3 is 0 Å². The molecule has 0 fully saturated rings. The van der Waals surface area contributed by atoms with E-state index in [0.29, 0.717) is 11.3 Å². The second kappa shape index (κ2) is 5.79. The van der Waals surface area contributed by atoms with Crippen LogP contribution >= 0.6 is 0 Å². The zero-order chi connectivity index (χ0) is 16.4. The summed E-state index contributed by atoms with van der Waals surface area (Å²) in [5.41, 5.74) is 3.88. The number of hydrazone groups is 1. The highest BCUT2D eigenvalue weighted by atomic mass is 32.2. The Hall–Kier alpha value is -2.77. The van der Waals surface area contributed by atoms with E-state index >= 15 is 0 Å². The summed E-state index contributed by atoms with van der Waals surface area (Å²) in [5.74, 6) is -0.447. The Labute approximate surface area is 132 Å². The van der Waals surface area contributed by atoms with E-state index in [1.807, 2.05) is 6.07 Å². The molecular weight excluding hydrogens is 316 g/mol. The number of anilines is 1. The van der Waals surface area contributed by atoms with Crippen molar-refractivity contribution in [2.75, 3.05) is 5.43 Å². The molecule has 0 saturated carbocycles. The number of carbonyl (C=O) groups excluding carboxylic acids is 1. The first kappa shape index (κ1) is 15.1. The number of ketones is 1. The molecule has 6 nitrogen and oxygen atoms in total. The summed E-state index contributed by atoms with van der Waals surface area (Å²) in [6.07, 6.45) is 2.80. The number of carbonyl (C=O) groups is 1. The van der Waals surface area contributed by atoms with Gasteiger partial charge in [0.05, 0.1) is 5.69 Å². The van der Waals surface area contributed by atoms with Crippen molar-refractivity contribution in [3.63, 3.8) is 0 Å². The van der Waals surface area contributed by atoms with Crippen molar-refractivity contribution in [2.45, 2.75) is 4.90 Å². The number of hydrogen-bond donors (Lipinski definition) is 2. The molecule has 1 aliphatic rings. The lowest BCUT2D eigenvalue weighted by molar-refractivity contribution is -0.108. The minimum Gasteiger partial charge on any atom is -0.287 e. The molecule has 2 N–H and O–H groups in total. The van der Waals surface area contributed by atoms with Gasteiger partial charge in [-0.15, -0.1) is 0 Å². The van der Waals surface area contributed by atoms with Gasteiger partial charge in [0.2, 0.25) is 5.78 Å². The molecule has 0 unspecified atom stereocenters. The van der Waals surface area contributed by atoms with Crippen LogP contribution < -0.4 is 5.43 Å². The molecule has 0 heterocycles. The Morgan fingerprint density at radius 1 is 0.957 bits per heavy atom. The van der Waals surface area contributed by atoms with Crippen LogP contribution in [0.2, 0.25) is 0 Å². The van der Waals surface area contributed by atoms with Crippen molar-refractivity contribution in [2.24, 2.45) is 5.10 Å². The highest BCUT2D eigenvalue weighted by Crippen LogP contribution is 2.25. The average Bonchev–Trinajstić information content (AvgIpc) is 2.53. The first-order chi connectivity index (χ1) is 11.0. The molecule has 3 rings (SSSR count). The van der Waals surface area contributed by atoms with E-state index in [0.717, 1.165) is 0 Å². The fourth-order valence-corrected chi connectivity index (χ4v) is 2.99. The van der Waals surface area contributed by atoms with Crippen molar-refractivity contribution in [3.8, 4) is 0 Å². The van der Waals surface area contributed by atoms with Gasteiger partial charge in [0.15, 0.2) is 0 Å². The monoisotopic (exact) mass is 328 g/mol. The van der Waals surface area contributed by atoms with Crippen LogP contribution in [0.5, 0.6) is 0 Å². The third-order valence-electron chi connectivity index (χ3n) is 3.29. The lowest BCUT2D eigenvalue weighted by atomic mass is 9.95. The van der Waals surface area contributed by atoms with Gasteiger partial charge in [-0.25, -0.2) is 0 Å². The lowest BCUT2D eigenvalue weighted by Crippen LogP contribution is -2.22. The van der Waals surface area contributed by atoms with Gasteiger partial charge in [-0.3, -0.25) is 14.8 Å². The summed E-state index contributed by atoms with van der Waals surface area (Å²) in [5, 5.41) is 4.04. The number of allylic oxidation sites excluding steroid dienone is 1. The third kappa shape index (κ3) is 3.05. The van der Waals surface area contributed by atoms with Crippen molar-refractivity contribution in [1.29, 1.82) is 0 Å². The third-order valence-corrected chi connectivity index (χ3v) is 4.19. The SMILES string of the molecule is O=C1C=Cc2cccc(S(=O)(=O)O)c2/C1=N/Nc1ccccc1. The molecule has 0 bridgehead atoms. The van der Waals surface area contributed by atoms with Crippen LogP contribution in [0.25, 0.3) is 6.08 Å². The Morgan fingerprint density at radius 2 is 1.70 bits per heavy atom. The molecule has 0 spiro atoms. The Balaban J connectivity index is 2.13. The van der Waals surface area contributed by atoms with E-state index in [-0.39, 0.29) is 16.2 Å². The van der Waals surface area contributed by atoms with Crippen molar-refractivity contribution >= 4 is 33.4 Å². The number of rotatable bonds is 3. The highest BCUT2D eigenvalue weighted by molar-refractivity contribution is 7.86. The van der Waals surface area contributed by atoms with Crippen LogP contribution in [-0.4, -0.2) is 24.5 Å². The van der Waals surface area contributed by atoms with Gasteiger partial charge in [-0.1, -0.05) is 36.4 Å². The first-order valence-electron chi connectivity index (χ1n) is 6.69. The fourth-order valence-electron chi connectivity index (χ4n) is 2.27. The zero-order valence-corrected chi connectivity index (χ0v) is 12.6. The van der Waals surface area contributed by atoms with Crippen molar-refractivity contribution in [3.05, 3.63) is 65.7 Å². The molecule has 116 valence electrons. The maximum Gasteiger partial charge on any atom is 0.295 e. The molecule has 0 radical (unpaired) electrons. The average molecular weight is 328 g/mol.